The molecule has 1 fully saturated rings. The fourth-order valence-corrected chi connectivity index (χ4v) is 3.21. The summed E-state index contributed by atoms with van der Waals surface area (Å²) in [7, 11) is 0. The van der Waals surface area contributed by atoms with Crippen molar-refractivity contribution >= 4 is 11.8 Å². The minimum absolute atomic E-state index is 0.00736. The molecule has 0 radical (unpaired) electrons. The molecule has 26 heavy (non-hydrogen) atoms. The lowest BCUT2D eigenvalue weighted by atomic mass is 10.1. The first kappa shape index (κ1) is 18.1. The van der Waals surface area contributed by atoms with E-state index >= 15 is 0 Å². The third kappa shape index (κ3) is 4.69. The summed E-state index contributed by atoms with van der Waals surface area (Å²) in [4.78, 5) is 32.8. The van der Waals surface area contributed by atoms with Gasteiger partial charge in [-0.15, -0.1) is 0 Å². The Kier molecular flexibility index (Phi) is 6.00. The third-order valence-corrected chi connectivity index (χ3v) is 4.79. The van der Waals surface area contributed by atoms with E-state index in [9.17, 15) is 9.59 Å². The van der Waals surface area contributed by atoms with Gasteiger partial charge in [-0.25, -0.2) is 0 Å². The number of carbonyl (C=O) groups excluding carboxylic acids is 2. The molecule has 0 unspecified atom stereocenters. The van der Waals surface area contributed by atoms with Gasteiger partial charge >= 0.3 is 0 Å². The summed E-state index contributed by atoms with van der Waals surface area (Å²) in [5, 5.41) is 0. The van der Waals surface area contributed by atoms with Crippen molar-refractivity contribution in [2.45, 2.75) is 26.2 Å². The van der Waals surface area contributed by atoms with Crippen LogP contribution in [0.3, 0.4) is 0 Å². The van der Waals surface area contributed by atoms with E-state index in [1.807, 2.05) is 9.80 Å². The van der Waals surface area contributed by atoms with Gasteiger partial charge in [-0.1, -0.05) is 29.8 Å². The number of hydrogen-bond acceptors (Lipinski definition) is 3. The standard InChI is InChI=1S/C21H25N3O2/c1-17-5-7-18(8-6-17)9-10-20(25)23-12-3-13-24(15-14-23)21(26)19-4-2-11-22-16-19/h2,4-8,11,16H,3,9-10,12-15H2,1H3. The molecule has 1 aliphatic heterocycles. The molecule has 1 aromatic carbocycles. The van der Waals surface area contributed by atoms with E-state index in [1.54, 1.807) is 24.5 Å². The largest absolute Gasteiger partial charge is 0.341 e. The van der Waals surface area contributed by atoms with Crippen LogP contribution in [0.25, 0.3) is 0 Å². The predicted octanol–water partition coefficient (Wildman–Crippen LogP) is 2.70. The number of aromatic nitrogens is 1. The van der Waals surface area contributed by atoms with Gasteiger partial charge in [0, 0.05) is 45.0 Å². The van der Waals surface area contributed by atoms with Crippen LogP contribution in [0.4, 0.5) is 0 Å². The van der Waals surface area contributed by atoms with E-state index in [2.05, 4.69) is 36.2 Å². The van der Waals surface area contributed by atoms with Crippen molar-refractivity contribution in [2.24, 2.45) is 0 Å². The molecule has 5 nitrogen and oxygen atoms in total. The first-order valence-corrected chi connectivity index (χ1v) is 9.16. The summed E-state index contributed by atoms with van der Waals surface area (Å²) in [5.41, 5.74) is 3.02. The molecule has 2 aromatic rings. The van der Waals surface area contributed by atoms with Gasteiger partial charge in [-0.2, -0.15) is 0 Å². The van der Waals surface area contributed by atoms with Gasteiger partial charge in [0.25, 0.3) is 5.91 Å². The van der Waals surface area contributed by atoms with Gasteiger partial charge in [0.15, 0.2) is 0 Å². The fraction of sp³-hybridized carbons (Fsp3) is 0.381. The zero-order valence-corrected chi connectivity index (χ0v) is 15.2. The summed E-state index contributed by atoms with van der Waals surface area (Å²) >= 11 is 0. The second-order valence-electron chi connectivity index (χ2n) is 6.75. The molecule has 1 aromatic heterocycles. The summed E-state index contributed by atoms with van der Waals surface area (Å²) in [6.45, 7) is 4.62. The van der Waals surface area contributed by atoms with E-state index in [-0.39, 0.29) is 11.8 Å². The van der Waals surface area contributed by atoms with E-state index in [0.29, 0.717) is 38.2 Å². The Morgan fingerprint density at radius 2 is 1.73 bits per heavy atom. The minimum atomic E-state index is -0.00736. The molecule has 0 N–H and O–H groups in total. The van der Waals surface area contributed by atoms with Crippen molar-refractivity contribution in [3.8, 4) is 0 Å². The smallest absolute Gasteiger partial charge is 0.255 e. The lowest BCUT2D eigenvalue weighted by Crippen LogP contribution is -2.37. The minimum Gasteiger partial charge on any atom is -0.341 e. The Hall–Kier alpha value is -2.69. The summed E-state index contributed by atoms with van der Waals surface area (Å²) in [6.07, 6.45) is 5.33. The van der Waals surface area contributed by atoms with Crippen LogP contribution in [0.2, 0.25) is 0 Å². The van der Waals surface area contributed by atoms with Crippen LogP contribution in [0.1, 0.15) is 34.3 Å². The molecule has 0 saturated carbocycles. The number of benzene rings is 1. The third-order valence-electron chi connectivity index (χ3n) is 4.79. The van der Waals surface area contributed by atoms with Crippen molar-refractivity contribution in [3.63, 3.8) is 0 Å². The molecular weight excluding hydrogens is 326 g/mol. The highest BCUT2D eigenvalue weighted by atomic mass is 16.2. The molecule has 2 amide bonds. The quantitative estimate of drug-likeness (QED) is 0.851. The Balaban J connectivity index is 1.52. The molecular formula is C21H25N3O2. The van der Waals surface area contributed by atoms with Gasteiger partial charge in [-0.05, 0) is 37.5 Å². The molecule has 2 heterocycles. The lowest BCUT2D eigenvalue weighted by Gasteiger charge is -2.22. The van der Waals surface area contributed by atoms with Crippen molar-refractivity contribution in [1.82, 2.24) is 14.8 Å². The maximum atomic E-state index is 12.6. The summed E-state index contributed by atoms with van der Waals surface area (Å²) in [6, 6.07) is 11.9. The molecule has 1 aliphatic rings. The topological polar surface area (TPSA) is 53.5 Å². The first-order valence-electron chi connectivity index (χ1n) is 9.16. The van der Waals surface area contributed by atoms with E-state index < -0.39 is 0 Å². The van der Waals surface area contributed by atoms with Crippen LogP contribution in [-0.4, -0.2) is 52.8 Å². The fourth-order valence-electron chi connectivity index (χ4n) is 3.21. The maximum absolute atomic E-state index is 12.6. The highest BCUT2D eigenvalue weighted by Crippen LogP contribution is 2.11. The number of rotatable bonds is 4. The van der Waals surface area contributed by atoms with Crippen LogP contribution in [0.5, 0.6) is 0 Å². The molecule has 3 rings (SSSR count). The van der Waals surface area contributed by atoms with Crippen LogP contribution in [-0.2, 0) is 11.2 Å². The number of pyridine rings is 1. The molecule has 1 saturated heterocycles. The van der Waals surface area contributed by atoms with Gasteiger partial charge in [0.1, 0.15) is 0 Å². The van der Waals surface area contributed by atoms with Crippen LogP contribution >= 0.6 is 0 Å². The Morgan fingerprint density at radius 3 is 2.46 bits per heavy atom. The zero-order valence-electron chi connectivity index (χ0n) is 15.2. The average Bonchev–Trinajstić information content (AvgIpc) is 2.94. The van der Waals surface area contributed by atoms with Gasteiger partial charge in [0.05, 0.1) is 5.56 Å². The van der Waals surface area contributed by atoms with Crippen molar-refractivity contribution in [1.29, 1.82) is 0 Å². The highest BCUT2D eigenvalue weighted by molar-refractivity contribution is 5.94. The monoisotopic (exact) mass is 351 g/mol. The molecule has 0 spiro atoms. The molecule has 0 atom stereocenters. The van der Waals surface area contributed by atoms with Gasteiger partial charge in [-0.3, -0.25) is 14.6 Å². The SMILES string of the molecule is Cc1ccc(CCC(=O)N2CCCN(C(=O)c3cccnc3)CC2)cc1. The normalized spacial score (nSPS) is 14.8. The van der Waals surface area contributed by atoms with E-state index in [4.69, 9.17) is 0 Å². The van der Waals surface area contributed by atoms with Crippen molar-refractivity contribution in [3.05, 3.63) is 65.5 Å². The number of nitrogens with zero attached hydrogens (tertiary/aromatic N) is 3. The number of amides is 2. The lowest BCUT2D eigenvalue weighted by molar-refractivity contribution is -0.131. The van der Waals surface area contributed by atoms with Crippen LogP contribution < -0.4 is 0 Å². The number of hydrogen-bond donors (Lipinski definition) is 0. The van der Waals surface area contributed by atoms with E-state index in [1.165, 1.54) is 11.1 Å². The van der Waals surface area contributed by atoms with Gasteiger partial charge in [0.2, 0.25) is 5.91 Å². The Bertz CT molecular complexity index is 744. The van der Waals surface area contributed by atoms with Crippen LogP contribution in [0.15, 0.2) is 48.8 Å². The second kappa shape index (κ2) is 8.61. The predicted molar refractivity (Wildman–Crippen MR) is 101 cm³/mol. The zero-order chi connectivity index (χ0) is 18.4. The van der Waals surface area contributed by atoms with Crippen LogP contribution in [0, 0.1) is 6.92 Å². The number of aryl methyl sites for hydroxylation is 2. The number of carbonyl (C=O) groups is 2. The molecule has 0 aliphatic carbocycles. The summed E-state index contributed by atoms with van der Waals surface area (Å²) in [5.74, 6) is 0.160. The second-order valence-corrected chi connectivity index (χ2v) is 6.75. The first-order chi connectivity index (χ1) is 12.6. The maximum Gasteiger partial charge on any atom is 0.255 e. The van der Waals surface area contributed by atoms with Crippen molar-refractivity contribution < 1.29 is 9.59 Å². The highest BCUT2D eigenvalue weighted by Gasteiger charge is 2.22. The molecule has 0 bridgehead atoms. The molecule has 5 heteroatoms. The Labute approximate surface area is 154 Å². The van der Waals surface area contributed by atoms with Crippen molar-refractivity contribution in [2.75, 3.05) is 26.2 Å². The van der Waals surface area contributed by atoms with Gasteiger partial charge < -0.3 is 9.80 Å². The molecule has 136 valence electrons. The Morgan fingerprint density at radius 1 is 1.00 bits per heavy atom. The van der Waals surface area contributed by atoms with E-state index in [0.717, 1.165) is 12.8 Å². The average molecular weight is 351 g/mol. The summed E-state index contributed by atoms with van der Waals surface area (Å²) < 4.78 is 0.